The molecule has 0 unspecified atom stereocenters. The number of aryl methyl sites for hydroxylation is 2. The van der Waals surface area contributed by atoms with Crippen molar-refractivity contribution in [1.29, 1.82) is 0 Å². The maximum Gasteiger partial charge on any atom is 0.137 e. The molecule has 1 rings (SSSR count). The van der Waals surface area contributed by atoms with Gasteiger partial charge in [0.15, 0.2) is 0 Å². The molecule has 0 aliphatic carbocycles. The molecule has 0 radical (unpaired) electrons. The van der Waals surface area contributed by atoms with Crippen molar-refractivity contribution in [2.45, 2.75) is 33.3 Å². The highest BCUT2D eigenvalue weighted by Crippen LogP contribution is 2.13. The van der Waals surface area contributed by atoms with E-state index in [2.05, 4.69) is 5.16 Å². The van der Waals surface area contributed by atoms with Crippen molar-refractivity contribution in [3.8, 4) is 0 Å². The molecule has 11 heavy (non-hydrogen) atoms. The molecule has 62 valence electrons. The second-order valence-electron chi connectivity index (χ2n) is 2.86. The Morgan fingerprint density at radius 3 is 2.55 bits per heavy atom. The zero-order valence-electron chi connectivity index (χ0n) is 7.09. The quantitative estimate of drug-likeness (QED) is 0.698. The minimum absolute atomic E-state index is 0.327. The molecule has 1 aromatic heterocycles. The Bertz CT molecular complexity index is 221. The van der Waals surface area contributed by atoms with E-state index in [9.17, 15) is 0 Å². The van der Waals surface area contributed by atoms with Gasteiger partial charge in [-0.2, -0.15) is 0 Å². The smallest absolute Gasteiger partial charge is 0.137 e. The lowest BCUT2D eigenvalue weighted by Gasteiger charge is -2.01. The van der Waals surface area contributed by atoms with Crippen LogP contribution in [0.4, 0.5) is 0 Å². The molecular weight excluding hydrogens is 142 g/mol. The van der Waals surface area contributed by atoms with E-state index in [4.69, 9.17) is 9.63 Å². The number of aliphatic hydroxyl groups is 1. The highest BCUT2D eigenvalue weighted by Gasteiger charge is 2.10. The molecule has 0 bridgehead atoms. The van der Waals surface area contributed by atoms with Gasteiger partial charge in [-0.3, -0.25) is 0 Å². The normalized spacial score (nSPS) is 13.5. The first-order valence-corrected chi connectivity index (χ1v) is 3.71. The summed E-state index contributed by atoms with van der Waals surface area (Å²) in [6, 6.07) is 0. The summed E-state index contributed by atoms with van der Waals surface area (Å²) in [7, 11) is 0. The molecule has 0 aliphatic heterocycles. The van der Waals surface area contributed by atoms with Crippen molar-refractivity contribution < 1.29 is 9.63 Å². The Hall–Kier alpha value is -0.830. The van der Waals surface area contributed by atoms with Crippen LogP contribution in [0.3, 0.4) is 0 Å². The average molecular weight is 155 g/mol. The Morgan fingerprint density at radius 1 is 1.55 bits per heavy atom. The number of aromatic nitrogens is 1. The lowest BCUT2D eigenvalue weighted by molar-refractivity contribution is 0.194. The first kappa shape index (κ1) is 8.27. The molecule has 0 spiro atoms. The highest BCUT2D eigenvalue weighted by molar-refractivity contribution is 5.21. The van der Waals surface area contributed by atoms with E-state index >= 15 is 0 Å². The standard InChI is InChI=1S/C8H13NO2/c1-5(10)4-8-6(2)9-11-7(8)3/h5,10H,4H2,1-3H3/t5-/m0/s1. The SMILES string of the molecule is Cc1noc(C)c1C[C@H](C)O. The zero-order chi connectivity index (χ0) is 8.43. The number of aliphatic hydroxyl groups excluding tert-OH is 1. The molecule has 0 fully saturated rings. The van der Waals surface area contributed by atoms with Gasteiger partial charge in [0.25, 0.3) is 0 Å². The van der Waals surface area contributed by atoms with Crippen molar-refractivity contribution in [3.05, 3.63) is 17.0 Å². The Labute approximate surface area is 66.0 Å². The van der Waals surface area contributed by atoms with Gasteiger partial charge in [-0.15, -0.1) is 0 Å². The maximum absolute atomic E-state index is 9.10. The van der Waals surface area contributed by atoms with Gasteiger partial charge in [-0.25, -0.2) is 0 Å². The van der Waals surface area contributed by atoms with Gasteiger partial charge in [-0.05, 0) is 20.8 Å². The van der Waals surface area contributed by atoms with Gasteiger partial charge in [0, 0.05) is 12.0 Å². The van der Waals surface area contributed by atoms with E-state index in [0.717, 1.165) is 17.0 Å². The first-order chi connectivity index (χ1) is 5.11. The van der Waals surface area contributed by atoms with Crippen LogP contribution in [0.25, 0.3) is 0 Å². The summed E-state index contributed by atoms with van der Waals surface area (Å²) < 4.78 is 4.94. The predicted molar refractivity (Wildman–Crippen MR) is 41.4 cm³/mol. The summed E-state index contributed by atoms with van der Waals surface area (Å²) in [6.07, 6.45) is 0.299. The molecule has 1 atom stereocenters. The van der Waals surface area contributed by atoms with Crippen LogP contribution in [-0.2, 0) is 6.42 Å². The fraction of sp³-hybridized carbons (Fsp3) is 0.625. The molecule has 3 heteroatoms. The molecule has 1 heterocycles. The zero-order valence-corrected chi connectivity index (χ0v) is 7.09. The second-order valence-corrected chi connectivity index (χ2v) is 2.86. The van der Waals surface area contributed by atoms with E-state index in [0.29, 0.717) is 6.42 Å². The summed E-state index contributed by atoms with van der Waals surface area (Å²) >= 11 is 0. The van der Waals surface area contributed by atoms with Gasteiger partial charge in [0.1, 0.15) is 5.76 Å². The van der Waals surface area contributed by atoms with Crippen molar-refractivity contribution in [1.82, 2.24) is 5.16 Å². The van der Waals surface area contributed by atoms with Crippen LogP contribution in [0.5, 0.6) is 0 Å². The van der Waals surface area contributed by atoms with E-state index < -0.39 is 0 Å². The molecule has 3 nitrogen and oxygen atoms in total. The van der Waals surface area contributed by atoms with Gasteiger partial charge in [0.05, 0.1) is 11.8 Å². The summed E-state index contributed by atoms with van der Waals surface area (Å²) in [5, 5.41) is 12.9. The fourth-order valence-corrected chi connectivity index (χ4v) is 1.09. The van der Waals surface area contributed by atoms with Crippen LogP contribution in [0, 0.1) is 13.8 Å². The van der Waals surface area contributed by atoms with E-state index in [1.807, 2.05) is 13.8 Å². The third kappa shape index (κ3) is 1.80. The number of nitrogens with zero attached hydrogens (tertiary/aromatic N) is 1. The summed E-state index contributed by atoms with van der Waals surface area (Å²) in [4.78, 5) is 0. The molecule has 1 N–H and O–H groups in total. The number of rotatable bonds is 2. The number of hydrogen-bond acceptors (Lipinski definition) is 3. The van der Waals surface area contributed by atoms with Crippen LogP contribution in [0.15, 0.2) is 4.52 Å². The van der Waals surface area contributed by atoms with Crippen LogP contribution in [0.2, 0.25) is 0 Å². The molecule has 0 aromatic carbocycles. The molecular formula is C8H13NO2. The van der Waals surface area contributed by atoms with Crippen molar-refractivity contribution in [2.75, 3.05) is 0 Å². The van der Waals surface area contributed by atoms with Gasteiger partial charge >= 0.3 is 0 Å². The Kier molecular flexibility index (Phi) is 2.29. The Balaban J connectivity index is 2.83. The maximum atomic E-state index is 9.10. The number of hydrogen-bond donors (Lipinski definition) is 1. The minimum Gasteiger partial charge on any atom is -0.393 e. The third-order valence-corrected chi connectivity index (χ3v) is 1.68. The fourth-order valence-electron chi connectivity index (χ4n) is 1.09. The van der Waals surface area contributed by atoms with Crippen molar-refractivity contribution in [2.24, 2.45) is 0 Å². The lowest BCUT2D eigenvalue weighted by atomic mass is 10.1. The summed E-state index contributed by atoms with van der Waals surface area (Å²) in [5.74, 6) is 0.809. The first-order valence-electron chi connectivity index (χ1n) is 3.71. The average Bonchev–Trinajstić information content (AvgIpc) is 2.18. The van der Waals surface area contributed by atoms with Crippen LogP contribution in [-0.4, -0.2) is 16.4 Å². The molecule has 0 saturated heterocycles. The summed E-state index contributed by atoms with van der Waals surface area (Å²) in [5.41, 5.74) is 1.91. The van der Waals surface area contributed by atoms with Crippen LogP contribution in [0.1, 0.15) is 23.9 Å². The minimum atomic E-state index is -0.327. The lowest BCUT2D eigenvalue weighted by Crippen LogP contribution is -2.05. The molecule has 0 amide bonds. The Morgan fingerprint density at radius 2 is 2.18 bits per heavy atom. The molecule has 0 saturated carbocycles. The highest BCUT2D eigenvalue weighted by atomic mass is 16.5. The van der Waals surface area contributed by atoms with Crippen LogP contribution < -0.4 is 0 Å². The van der Waals surface area contributed by atoms with Crippen molar-refractivity contribution >= 4 is 0 Å². The molecule has 1 aromatic rings. The van der Waals surface area contributed by atoms with Gasteiger partial charge < -0.3 is 9.63 Å². The topological polar surface area (TPSA) is 46.3 Å². The van der Waals surface area contributed by atoms with Crippen molar-refractivity contribution in [3.63, 3.8) is 0 Å². The summed E-state index contributed by atoms with van der Waals surface area (Å²) in [6.45, 7) is 5.50. The van der Waals surface area contributed by atoms with Gasteiger partial charge in [-0.1, -0.05) is 5.16 Å². The third-order valence-electron chi connectivity index (χ3n) is 1.68. The van der Waals surface area contributed by atoms with E-state index in [1.165, 1.54) is 0 Å². The monoisotopic (exact) mass is 155 g/mol. The predicted octanol–water partition coefficient (Wildman–Crippen LogP) is 1.21. The largest absolute Gasteiger partial charge is 0.393 e. The molecule has 0 aliphatic rings. The van der Waals surface area contributed by atoms with E-state index in [1.54, 1.807) is 6.92 Å². The van der Waals surface area contributed by atoms with Crippen LogP contribution >= 0.6 is 0 Å². The van der Waals surface area contributed by atoms with E-state index in [-0.39, 0.29) is 6.10 Å². The second kappa shape index (κ2) is 3.05. The van der Waals surface area contributed by atoms with Gasteiger partial charge in [0.2, 0.25) is 0 Å².